The fourth-order valence-corrected chi connectivity index (χ4v) is 3.53. The Morgan fingerprint density at radius 1 is 1.30 bits per heavy atom. The number of ether oxygens (including phenoxy) is 1. The van der Waals surface area contributed by atoms with Crippen molar-refractivity contribution in [1.82, 2.24) is 10.2 Å². The fraction of sp³-hybridized carbons (Fsp3) is 0.938. The maximum absolute atomic E-state index is 12.4. The quantitative estimate of drug-likeness (QED) is 0.794. The number of hydrogen-bond donors (Lipinski definition) is 2. The lowest BCUT2D eigenvalue weighted by atomic mass is 9.74. The smallest absolute Gasteiger partial charge is 0.225 e. The average molecular weight is 370 g/mol. The highest BCUT2D eigenvalue weighted by Gasteiger charge is 2.37. The van der Waals surface area contributed by atoms with E-state index in [2.05, 4.69) is 24.1 Å². The number of hydrogen-bond acceptors (Lipinski definition) is 4. The molecule has 1 aliphatic carbocycles. The second-order valence-electron chi connectivity index (χ2n) is 7.45. The minimum atomic E-state index is -0.347. The molecule has 0 radical (unpaired) electrons. The largest absolute Gasteiger partial charge is 0.378 e. The Morgan fingerprint density at radius 3 is 2.61 bits per heavy atom. The Kier molecular flexibility index (Phi) is 9.39. The van der Waals surface area contributed by atoms with Gasteiger partial charge in [0.05, 0.1) is 19.1 Å². The highest BCUT2D eigenvalue weighted by Crippen LogP contribution is 2.31. The van der Waals surface area contributed by atoms with Gasteiger partial charge in [0.25, 0.3) is 0 Å². The van der Waals surface area contributed by atoms with E-state index in [0.717, 1.165) is 52.0 Å². The van der Waals surface area contributed by atoms with Crippen LogP contribution < -0.4 is 11.1 Å². The van der Waals surface area contributed by atoms with Gasteiger partial charge in [-0.25, -0.2) is 0 Å². The topological polar surface area (TPSA) is 67.6 Å². The van der Waals surface area contributed by atoms with Crippen molar-refractivity contribution in [2.24, 2.45) is 11.7 Å². The van der Waals surface area contributed by atoms with E-state index >= 15 is 0 Å². The maximum atomic E-state index is 12.4. The Hall–Kier alpha value is -0.0700. The van der Waals surface area contributed by atoms with Gasteiger partial charge in [0.15, 0.2) is 0 Å². The monoisotopic (exact) mass is 369 g/mol. The van der Waals surface area contributed by atoms with Crippen molar-refractivity contribution < 1.29 is 9.53 Å². The van der Waals surface area contributed by atoms with Crippen LogP contribution in [0.5, 0.6) is 0 Å². The molecule has 0 spiro atoms. The first-order valence-electron chi connectivity index (χ1n) is 8.22. The zero-order valence-corrected chi connectivity index (χ0v) is 16.2. The second kappa shape index (κ2) is 9.42. The Labute approximate surface area is 152 Å². The van der Waals surface area contributed by atoms with Gasteiger partial charge >= 0.3 is 0 Å². The third-order valence-electron chi connectivity index (χ3n) is 5.07. The minimum Gasteiger partial charge on any atom is -0.378 e. The van der Waals surface area contributed by atoms with Crippen LogP contribution in [-0.2, 0) is 9.53 Å². The molecule has 0 aromatic carbocycles. The summed E-state index contributed by atoms with van der Waals surface area (Å²) in [7, 11) is 0. The molecule has 5 nitrogen and oxygen atoms in total. The van der Waals surface area contributed by atoms with Crippen LogP contribution in [0.25, 0.3) is 0 Å². The van der Waals surface area contributed by atoms with E-state index in [0.29, 0.717) is 6.54 Å². The lowest BCUT2D eigenvalue weighted by Gasteiger charge is -2.42. The summed E-state index contributed by atoms with van der Waals surface area (Å²) in [6.45, 7) is 10.4. The molecule has 2 atom stereocenters. The van der Waals surface area contributed by atoms with Gasteiger partial charge in [-0.1, -0.05) is 12.8 Å². The van der Waals surface area contributed by atoms with E-state index in [4.69, 9.17) is 10.5 Å². The number of carbonyl (C=O) groups excluding carboxylic acids is 1. The first-order valence-corrected chi connectivity index (χ1v) is 8.22. The van der Waals surface area contributed by atoms with E-state index in [1.165, 1.54) is 0 Å². The third-order valence-corrected chi connectivity index (χ3v) is 5.07. The number of halogens is 2. The van der Waals surface area contributed by atoms with E-state index in [1.54, 1.807) is 0 Å². The zero-order valence-electron chi connectivity index (χ0n) is 14.6. The zero-order chi connectivity index (χ0) is 15.5. The van der Waals surface area contributed by atoms with E-state index in [1.807, 2.05) is 6.92 Å². The number of nitrogens with one attached hydrogen (secondary N) is 1. The molecule has 0 aromatic heterocycles. The van der Waals surface area contributed by atoms with Crippen LogP contribution in [-0.4, -0.2) is 54.7 Å². The van der Waals surface area contributed by atoms with Crippen LogP contribution in [0.3, 0.4) is 0 Å². The van der Waals surface area contributed by atoms with Crippen molar-refractivity contribution in [3.63, 3.8) is 0 Å². The van der Waals surface area contributed by atoms with Gasteiger partial charge in [-0.2, -0.15) is 0 Å². The van der Waals surface area contributed by atoms with E-state index < -0.39 is 0 Å². The summed E-state index contributed by atoms with van der Waals surface area (Å²) in [6.07, 6.45) is 4.11. The first kappa shape index (κ1) is 22.9. The number of morpholine rings is 1. The van der Waals surface area contributed by atoms with Gasteiger partial charge in [-0.05, 0) is 33.6 Å². The van der Waals surface area contributed by atoms with Crippen LogP contribution >= 0.6 is 24.8 Å². The number of nitrogens with zero attached hydrogens (tertiary/aromatic N) is 1. The highest BCUT2D eigenvalue weighted by molar-refractivity contribution is 5.85. The SMILES string of the molecule is CC1(N)CCCCC1C(=O)NCCN1CCOCC1(C)C.Cl.Cl. The predicted octanol–water partition coefficient (Wildman–Crippen LogP) is 1.96. The van der Waals surface area contributed by atoms with E-state index in [-0.39, 0.29) is 47.7 Å². The van der Waals surface area contributed by atoms with Crippen molar-refractivity contribution >= 4 is 30.7 Å². The molecule has 1 aliphatic heterocycles. The molecule has 2 aliphatic rings. The van der Waals surface area contributed by atoms with Crippen LogP contribution in [0.1, 0.15) is 46.5 Å². The predicted molar refractivity (Wildman–Crippen MR) is 98.5 cm³/mol. The molecule has 1 saturated heterocycles. The normalized spacial score (nSPS) is 30.7. The Bertz CT molecular complexity index is 378. The minimum absolute atomic E-state index is 0. The molecular weight excluding hydrogens is 337 g/mol. The molecule has 2 fully saturated rings. The highest BCUT2D eigenvalue weighted by atomic mass is 35.5. The summed E-state index contributed by atoms with van der Waals surface area (Å²) in [4.78, 5) is 14.8. The van der Waals surface area contributed by atoms with Crippen LogP contribution in [0.15, 0.2) is 0 Å². The van der Waals surface area contributed by atoms with Gasteiger partial charge in [-0.3, -0.25) is 9.69 Å². The summed E-state index contributed by atoms with van der Waals surface area (Å²) in [5.74, 6) is 0.0923. The number of rotatable bonds is 4. The van der Waals surface area contributed by atoms with E-state index in [9.17, 15) is 4.79 Å². The summed E-state index contributed by atoms with van der Waals surface area (Å²) in [5, 5.41) is 3.09. The summed E-state index contributed by atoms with van der Waals surface area (Å²) < 4.78 is 5.52. The first-order chi connectivity index (χ1) is 9.83. The molecular formula is C16H33Cl2N3O2. The van der Waals surface area contributed by atoms with Gasteiger partial charge in [-0.15, -0.1) is 24.8 Å². The van der Waals surface area contributed by atoms with Crippen LogP contribution in [0, 0.1) is 5.92 Å². The molecule has 2 rings (SSSR count). The molecule has 1 amide bonds. The summed E-state index contributed by atoms with van der Waals surface area (Å²) in [5.41, 5.74) is 6.00. The fourth-order valence-electron chi connectivity index (χ4n) is 3.53. The molecule has 3 N–H and O–H groups in total. The van der Waals surface area contributed by atoms with Gasteiger partial charge in [0.2, 0.25) is 5.91 Å². The molecule has 7 heteroatoms. The van der Waals surface area contributed by atoms with Gasteiger partial charge in [0, 0.05) is 30.7 Å². The molecule has 0 bridgehead atoms. The summed E-state index contributed by atoms with van der Waals surface area (Å²) in [6, 6.07) is 0. The Balaban J connectivity index is 0.00000242. The molecule has 138 valence electrons. The third kappa shape index (κ3) is 6.05. The standard InChI is InChI=1S/C16H31N3O2.2ClH/c1-15(2)12-21-11-10-19(15)9-8-18-14(20)13-6-4-5-7-16(13,3)17;;/h13H,4-12,17H2,1-3H3,(H,18,20);2*1H. The van der Waals surface area contributed by atoms with Gasteiger partial charge in [0.1, 0.15) is 0 Å². The van der Waals surface area contributed by atoms with Gasteiger partial charge < -0.3 is 15.8 Å². The number of amides is 1. The average Bonchev–Trinajstić information content (AvgIpc) is 2.39. The summed E-state index contributed by atoms with van der Waals surface area (Å²) >= 11 is 0. The van der Waals surface area contributed by atoms with Crippen molar-refractivity contribution in [2.75, 3.05) is 32.8 Å². The number of carbonyl (C=O) groups is 1. The Morgan fingerprint density at radius 2 is 2.00 bits per heavy atom. The molecule has 23 heavy (non-hydrogen) atoms. The van der Waals surface area contributed by atoms with Crippen LogP contribution in [0.2, 0.25) is 0 Å². The van der Waals surface area contributed by atoms with Crippen molar-refractivity contribution in [1.29, 1.82) is 0 Å². The van der Waals surface area contributed by atoms with Crippen molar-refractivity contribution in [3.05, 3.63) is 0 Å². The second-order valence-corrected chi connectivity index (χ2v) is 7.45. The molecule has 0 aromatic rings. The molecule has 1 saturated carbocycles. The number of nitrogens with two attached hydrogens (primary N) is 1. The lowest BCUT2D eigenvalue weighted by Crippen LogP contribution is -2.56. The van der Waals surface area contributed by atoms with Crippen molar-refractivity contribution in [3.8, 4) is 0 Å². The molecule has 1 heterocycles. The maximum Gasteiger partial charge on any atom is 0.225 e. The van der Waals surface area contributed by atoms with Crippen molar-refractivity contribution in [2.45, 2.75) is 57.5 Å². The van der Waals surface area contributed by atoms with Crippen LogP contribution in [0.4, 0.5) is 0 Å². The molecule has 2 unspecified atom stereocenters. The lowest BCUT2D eigenvalue weighted by molar-refractivity contribution is -0.128.